The van der Waals surface area contributed by atoms with Crippen molar-refractivity contribution < 1.29 is 9.59 Å². The summed E-state index contributed by atoms with van der Waals surface area (Å²) in [5.41, 5.74) is 1.97. The Hall–Kier alpha value is -1.59. The van der Waals surface area contributed by atoms with Gasteiger partial charge in [-0.25, -0.2) is 0 Å². The second-order valence-electron chi connectivity index (χ2n) is 6.32. The van der Waals surface area contributed by atoms with Gasteiger partial charge in [-0.05, 0) is 43.5 Å². The molecule has 0 saturated carbocycles. The van der Waals surface area contributed by atoms with E-state index in [1.807, 2.05) is 34.1 Å². The van der Waals surface area contributed by atoms with Crippen LogP contribution in [0.3, 0.4) is 0 Å². The van der Waals surface area contributed by atoms with Gasteiger partial charge in [-0.1, -0.05) is 19.1 Å². The first-order valence-electron chi connectivity index (χ1n) is 8.59. The number of aryl methyl sites for hydroxylation is 1. The molecule has 132 valence electrons. The van der Waals surface area contributed by atoms with Crippen LogP contribution in [0, 0.1) is 0 Å². The third-order valence-corrected chi connectivity index (χ3v) is 4.85. The van der Waals surface area contributed by atoms with E-state index >= 15 is 0 Å². The average Bonchev–Trinajstić information content (AvgIpc) is 3.15. The highest BCUT2D eigenvalue weighted by Gasteiger charge is 2.30. The van der Waals surface area contributed by atoms with E-state index in [2.05, 4.69) is 12.2 Å². The molecule has 0 spiro atoms. The molecule has 5 nitrogen and oxygen atoms in total. The number of rotatable bonds is 3. The number of hydrogen-bond acceptors (Lipinski definition) is 3. The second-order valence-corrected chi connectivity index (χ2v) is 6.32. The molecule has 6 heteroatoms. The van der Waals surface area contributed by atoms with Gasteiger partial charge in [0.15, 0.2) is 0 Å². The Balaban J connectivity index is 0.00000208. The van der Waals surface area contributed by atoms with Gasteiger partial charge in [-0.15, -0.1) is 12.4 Å². The van der Waals surface area contributed by atoms with Gasteiger partial charge in [-0.3, -0.25) is 9.59 Å². The molecule has 0 aliphatic carbocycles. The normalized spacial score (nSPS) is 20.6. The smallest absolute Gasteiger partial charge is 0.253 e. The molecule has 2 heterocycles. The highest BCUT2D eigenvalue weighted by molar-refractivity contribution is 5.94. The first-order valence-corrected chi connectivity index (χ1v) is 8.59. The Morgan fingerprint density at radius 2 is 1.71 bits per heavy atom. The maximum atomic E-state index is 12.5. The molecule has 3 rings (SSSR count). The van der Waals surface area contributed by atoms with Crippen LogP contribution in [-0.2, 0) is 11.2 Å². The quantitative estimate of drug-likeness (QED) is 0.902. The number of benzene rings is 1. The number of piperazine rings is 1. The lowest BCUT2D eigenvalue weighted by Gasteiger charge is -2.36. The zero-order valence-corrected chi connectivity index (χ0v) is 15.0. The van der Waals surface area contributed by atoms with E-state index in [1.54, 1.807) is 0 Å². The fourth-order valence-corrected chi connectivity index (χ4v) is 3.31. The van der Waals surface area contributed by atoms with Gasteiger partial charge in [-0.2, -0.15) is 0 Å². The molecule has 2 aliphatic rings. The summed E-state index contributed by atoms with van der Waals surface area (Å²) in [6.07, 6.45) is 2.98. The molecule has 24 heavy (non-hydrogen) atoms. The van der Waals surface area contributed by atoms with Crippen LogP contribution in [0.25, 0.3) is 0 Å². The monoisotopic (exact) mass is 351 g/mol. The van der Waals surface area contributed by atoms with Crippen LogP contribution in [0.4, 0.5) is 0 Å². The van der Waals surface area contributed by atoms with Gasteiger partial charge in [0, 0.05) is 31.7 Å². The van der Waals surface area contributed by atoms with Crippen LogP contribution in [0.5, 0.6) is 0 Å². The molecule has 1 aromatic rings. The predicted molar refractivity (Wildman–Crippen MR) is 96.6 cm³/mol. The molecular formula is C18H26ClN3O2. The van der Waals surface area contributed by atoms with E-state index in [9.17, 15) is 9.59 Å². The number of hydrogen-bond donors (Lipinski definition) is 1. The van der Waals surface area contributed by atoms with Gasteiger partial charge < -0.3 is 15.1 Å². The van der Waals surface area contributed by atoms with Crippen molar-refractivity contribution in [1.29, 1.82) is 0 Å². The highest BCUT2D eigenvalue weighted by atomic mass is 35.5. The topological polar surface area (TPSA) is 52.7 Å². The largest absolute Gasteiger partial charge is 0.338 e. The lowest BCUT2D eigenvalue weighted by molar-refractivity contribution is -0.134. The summed E-state index contributed by atoms with van der Waals surface area (Å²) in [6.45, 7) is 5.54. The van der Waals surface area contributed by atoms with Crippen molar-refractivity contribution in [2.24, 2.45) is 0 Å². The number of amides is 2. The minimum Gasteiger partial charge on any atom is -0.338 e. The van der Waals surface area contributed by atoms with E-state index in [0.29, 0.717) is 26.2 Å². The van der Waals surface area contributed by atoms with Crippen molar-refractivity contribution in [2.45, 2.75) is 32.2 Å². The fraction of sp³-hybridized carbons (Fsp3) is 0.556. The maximum absolute atomic E-state index is 12.5. The van der Waals surface area contributed by atoms with Crippen LogP contribution in [0.1, 0.15) is 35.7 Å². The molecule has 0 aromatic heterocycles. The van der Waals surface area contributed by atoms with Gasteiger partial charge in [0.05, 0.1) is 6.04 Å². The van der Waals surface area contributed by atoms with Crippen LogP contribution in [0.2, 0.25) is 0 Å². The fourth-order valence-electron chi connectivity index (χ4n) is 3.31. The van der Waals surface area contributed by atoms with Gasteiger partial charge in [0.2, 0.25) is 5.91 Å². The average molecular weight is 352 g/mol. The van der Waals surface area contributed by atoms with E-state index in [4.69, 9.17) is 0 Å². The lowest BCUT2D eigenvalue weighted by Crippen LogP contribution is -2.54. The first kappa shape index (κ1) is 18.7. The summed E-state index contributed by atoms with van der Waals surface area (Å²) >= 11 is 0. The van der Waals surface area contributed by atoms with Crippen molar-refractivity contribution in [3.8, 4) is 0 Å². The summed E-state index contributed by atoms with van der Waals surface area (Å²) in [5, 5.41) is 3.25. The number of carbonyl (C=O) groups is 2. The second kappa shape index (κ2) is 8.49. The summed E-state index contributed by atoms with van der Waals surface area (Å²) in [6, 6.07) is 7.82. The minimum atomic E-state index is -0.0150. The van der Waals surface area contributed by atoms with Crippen LogP contribution in [-0.4, -0.2) is 60.4 Å². The Labute approximate surface area is 149 Å². The Kier molecular flexibility index (Phi) is 6.63. The predicted octanol–water partition coefficient (Wildman–Crippen LogP) is 1.71. The van der Waals surface area contributed by atoms with E-state index in [0.717, 1.165) is 31.4 Å². The Morgan fingerprint density at radius 1 is 1.08 bits per heavy atom. The molecule has 1 atom stereocenters. The molecule has 2 aliphatic heterocycles. The molecule has 0 radical (unpaired) electrons. The van der Waals surface area contributed by atoms with Gasteiger partial charge >= 0.3 is 0 Å². The summed E-state index contributed by atoms with van der Waals surface area (Å²) in [7, 11) is 0. The van der Waals surface area contributed by atoms with Crippen molar-refractivity contribution in [2.75, 3.05) is 32.7 Å². The SMILES string of the molecule is CCc1ccc(C(=O)N2CCN(C(=O)C3CCCN3)CC2)cc1.Cl. The van der Waals surface area contributed by atoms with Gasteiger partial charge in [0.1, 0.15) is 0 Å². The highest BCUT2D eigenvalue weighted by Crippen LogP contribution is 2.14. The summed E-state index contributed by atoms with van der Waals surface area (Å²) in [5.74, 6) is 0.264. The third kappa shape index (κ3) is 4.08. The standard InChI is InChI=1S/C18H25N3O2.ClH/c1-2-14-5-7-15(8-6-14)17(22)20-10-12-21(13-11-20)18(23)16-4-3-9-19-16;/h5-8,16,19H,2-4,9-13H2,1H3;1H. The summed E-state index contributed by atoms with van der Waals surface area (Å²) in [4.78, 5) is 28.7. The van der Waals surface area contributed by atoms with Crippen LogP contribution in [0.15, 0.2) is 24.3 Å². The molecule has 0 bridgehead atoms. The Bertz CT molecular complexity index is 562. The van der Waals surface area contributed by atoms with Crippen LogP contribution < -0.4 is 5.32 Å². The summed E-state index contributed by atoms with van der Waals surface area (Å²) < 4.78 is 0. The van der Waals surface area contributed by atoms with Crippen molar-refractivity contribution >= 4 is 24.2 Å². The van der Waals surface area contributed by atoms with E-state index in [1.165, 1.54) is 5.56 Å². The molecule has 2 saturated heterocycles. The molecular weight excluding hydrogens is 326 g/mol. The minimum absolute atomic E-state index is 0. The first-order chi connectivity index (χ1) is 11.2. The van der Waals surface area contributed by atoms with Crippen molar-refractivity contribution in [3.05, 3.63) is 35.4 Å². The van der Waals surface area contributed by atoms with Gasteiger partial charge in [0.25, 0.3) is 5.91 Å². The van der Waals surface area contributed by atoms with Crippen molar-refractivity contribution in [1.82, 2.24) is 15.1 Å². The van der Waals surface area contributed by atoms with Crippen LogP contribution >= 0.6 is 12.4 Å². The zero-order chi connectivity index (χ0) is 16.2. The number of halogens is 1. The Morgan fingerprint density at radius 3 is 2.25 bits per heavy atom. The van der Waals surface area contributed by atoms with E-state index in [-0.39, 0.29) is 30.3 Å². The molecule has 2 amide bonds. The molecule has 1 aromatic carbocycles. The van der Waals surface area contributed by atoms with Crippen molar-refractivity contribution in [3.63, 3.8) is 0 Å². The molecule has 2 fully saturated rings. The molecule has 1 unspecified atom stereocenters. The lowest BCUT2D eigenvalue weighted by atomic mass is 10.1. The third-order valence-electron chi connectivity index (χ3n) is 4.85. The molecule has 1 N–H and O–H groups in total. The maximum Gasteiger partial charge on any atom is 0.253 e. The number of nitrogens with zero attached hydrogens (tertiary/aromatic N) is 2. The number of nitrogens with one attached hydrogen (secondary N) is 1. The number of carbonyl (C=O) groups excluding carboxylic acids is 2. The van der Waals surface area contributed by atoms with E-state index < -0.39 is 0 Å². The zero-order valence-electron chi connectivity index (χ0n) is 14.2.